The maximum atomic E-state index is 11.9. The largest absolute Gasteiger partial charge is 0.487 e. The van der Waals surface area contributed by atoms with Crippen molar-refractivity contribution in [3.63, 3.8) is 0 Å². The first kappa shape index (κ1) is 18.5. The molecule has 120 valence electrons. The lowest BCUT2D eigenvalue weighted by molar-refractivity contribution is 0.0549. The summed E-state index contributed by atoms with van der Waals surface area (Å²) < 4.78 is 12.6. The molecule has 0 fully saturated rings. The molecule has 0 heterocycles. The Hall–Kier alpha value is -0.800. The molecule has 0 saturated heterocycles. The summed E-state index contributed by atoms with van der Waals surface area (Å²) in [5, 5.41) is 0.669. The number of halogens is 3. The Balaban J connectivity index is 2.16. The highest BCUT2D eigenvalue weighted by Gasteiger charge is 2.14. The zero-order chi connectivity index (χ0) is 16.8. The number of esters is 1. The highest BCUT2D eigenvalue weighted by molar-refractivity contribution is 14.1. The summed E-state index contributed by atoms with van der Waals surface area (Å²) >= 11 is 10.4. The summed E-state index contributed by atoms with van der Waals surface area (Å²) in [5.41, 5.74) is 1.40. The van der Waals surface area contributed by atoms with E-state index in [4.69, 9.17) is 21.1 Å². The number of hydrogen-bond acceptors (Lipinski definition) is 3. The molecule has 0 atom stereocenters. The molecule has 2 aromatic rings. The third-order valence-electron chi connectivity index (χ3n) is 2.90. The van der Waals surface area contributed by atoms with Crippen molar-refractivity contribution in [2.45, 2.75) is 6.61 Å². The second-order valence-electron chi connectivity index (χ2n) is 4.54. The van der Waals surface area contributed by atoms with Crippen molar-refractivity contribution in [1.29, 1.82) is 0 Å². The van der Waals surface area contributed by atoms with Crippen molar-refractivity contribution < 1.29 is 14.3 Å². The van der Waals surface area contributed by atoms with Crippen LogP contribution in [0, 0.1) is 7.14 Å². The van der Waals surface area contributed by atoms with Crippen LogP contribution >= 0.6 is 56.8 Å². The van der Waals surface area contributed by atoms with Gasteiger partial charge in [0.25, 0.3) is 0 Å². The van der Waals surface area contributed by atoms with Gasteiger partial charge in [-0.1, -0.05) is 42.5 Å². The zero-order valence-corrected chi connectivity index (χ0v) is 17.1. The predicted molar refractivity (Wildman–Crippen MR) is 108 cm³/mol. The van der Waals surface area contributed by atoms with Gasteiger partial charge >= 0.3 is 5.97 Å². The second kappa shape index (κ2) is 8.89. The van der Waals surface area contributed by atoms with Gasteiger partial charge < -0.3 is 9.47 Å². The van der Waals surface area contributed by atoms with Crippen molar-refractivity contribution >= 4 is 62.8 Å². The lowest BCUT2D eigenvalue weighted by atomic mass is 10.2. The molecule has 23 heavy (non-hydrogen) atoms. The van der Waals surface area contributed by atoms with Gasteiger partial charge in [0, 0.05) is 10.6 Å². The minimum atomic E-state index is -0.376. The molecular weight excluding hydrogens is 541 g/mol. The van der Waals surface area contributed by atoms with Gasteiger partial charge in [0.15, 0.2) is 0 Å². The molecule has 2 aromatic carbocycles. The molecule has 0 aromatic heterocycles. The third kappa shape index (κ3) is 5.09. The summed E-state index contributed by atoms with van der Waals surface area (Å²) in [7, 11) is 0. The zero-order valence-electron chi connectivity index (χ0n) is 12.0. The number of benzene rings is 2. The van der Waals surface area contributed by atoms with Gasteiger partial charge in [-0.15, -0.1) is 0 Å². The molecule has 0 aliphatic heterocycles. The summed E-state index contributed by atoms with van der Waals surface area (Å²) in [4.78, 5) is 11.9. The van der Waals surface area contributed by atoms with Crippen LogP contribution in [0.15, 0.2) is 49.1 Å². The van der Waals surface area contributed by atoms with E-state index in [0.29, 0.717) is 17.2 Å². The lowest BCUT2D eigenvalue weighted by Gasteiger charge is -2.13. The first-order chi connectivity index (χ1) is 11.0. The monoisotopic (exact) mass is 554 g/mol. The fourth-order valence-corrected chi connectivity index (χ4v) is 4.07. The second-order valence-corrected chi connectivity index (χ2v) is 7.27. The van der Waals surface area contributed by atoms with E-state index in [1.165, 1.54) is 6.08 Å². The van der Waals surface area contributed by atoms with Crippen LogP contribution in [0.3, 0.4) is 0 Å². The Morgan fingerprint density at radius 3 is 2.48 bits per heavy atom. The van der Waals surface area contributed by atoms with Gasteiger partial charge in [0.2, 0.25) is 0 Å². The van der Waals surface area contributed by atoms with E-state index >= 15 is 0 Å². The SMILES string of the molecule is C=CCOC(=O)c1cc(I)c(OCc2ccccc2Cl)c(I)c1. The number of rotatable bonds is 6. The van der Waals surface area contributed by atoms with Gasteiger partial charge in [0.05, 0.1) is 12.7 Å². The molecule has 0 unspecified atom stereocenters. The standard InChI is InChI=1S/C17H13ClI2O3/c1-2-7-22-17(21)12-8-14(19)16(15(20)9-12)23-10-11-5-3-4-6-13(11)18/h2-6,8-9H,1,7,10H2. The number of hydrogen-bond donors (Lipinski definition) is 0. The molecule has 0 aliphatic rings. The van der Waals surface area contributed by atoms with E-state index in [2.05, 4.69) is 51.8 Å². The molecular formula is C17H13ClI2O3. The first-order valence-corrected chi connectivity index (χ1v) is 9.19. The average Bonchev–Trinajstić information content (AvgIpc) is 2.53. The Kier molecular flexibility index (Phi) is 7.16. The third-order valence-corrected chi connectivity index (χ3v) is 4.87. The molecule has 0 bridgehead atoms. The quantitative estimate of drug-likeness (QED) is 0.270. The number of carbonyl (C=O) groups excluding carboxylic acids is 1. The highest BCUT2D eigenvalue weighted by Crippen LogP contribution is 2.30. The van der Waals surface area contributed by atoms with Gasteiger partial charge in [0.1, 0.15) is 19.0 Å². The molecule has 0 N–H and O–H groups in total. The van der Waals surface area contributed by atoms with E-state index in [-0.39, 0.29) is 12.6 Å². The lowest BCUT2D eigenvalue weighted by Crippen LogP contribution is -2.07. The van der Waals surface area contributed by atoms with Crippen LogP contribution in [0.1, 0.15) is 15.9 Å². The van der Waals surface area contributed by atoms with Crippen molar-refractivity contribution in [1.82, 2.24) is 0 Å². The predicted octanol–water partition coefficient (Wildman–Crippen LogP) is 5.47. The number of carbonyl (C=O) groups is 1. The maximum absolute atomic E-state index is 11.9. The van der Waals surface area contributed by atoms with Gasteiger partial charge in [-0.2, -0.15) is 0 Å². The van der Waals surface area contributed by atoms with Crippen LogP contribution in [0.25, 0.3) is 0 Å². The molecule has 0 aliphatic carbocycles. The molecule has 2 rings (SSSR count). The van der Waals surface area contributed by atoms with E-state index in [9.17, 15) is 4.79 Å². The molecule has 0 amide bonds. The minimum Gasteiger partial charge on any atom is -0.487 e. The Morgan fingerprint density at radius 2 is 1.87 bits per heavy atom. The first-order valence-electron chi connectivity index (χ1n) is 6.66. The van der Waals surface area contributed by atoms with E-state index < -0.39 is 0 Å². The van der Waals surface area contributed by atoms with Crippen molar-refractivity contribution in [2.24, 2.45) is 0 Å². The Morgan fingerprint density at radius 1 is 1.22 bits per heavy atom. The van der Waals surface area contributed by atoms with Gasteiger partial charge in [-0.25, -0.2) is 4.79 Å². The smallest absolute Gasteiger partial charge is 0.338 e. The Labute approximate surface area is 167 Å². The molecule has 0 radical (unpaired) electrons. The van der Waals surface area contributed by atoms with Crippen LogP contribution < -0.4 is 4.74 Å². The van der Waals surface area contributed by atoms with Gasteiger partial charge in [-0.05, 0) is 63.4 Å². The van der Waals surface area contributed by atoms with Crippen LogP contribution in [0.5, 0.6) is 5.75 Å². The van der Waals surface area contributed by atoms with Crippen LogP contribution in [0.4, 0.5) is 0 Å². The summed E-state index contributed by atoms with van der Waals surface area (Å²) in [5.74, 6) is 0.352. The summed E-state index contributed by atoms with van der Waals surface area (Å²) in [6.45, 7) is 4.08. The Bertz CT molecular complexity index is 709. The van der Waals surface area contributed by atoms with E-state index in [1.807, 2.05) is 24.3 Å². The maximum Gasteiger partial charge on any atom is 0.338 e. The summed E-state index contributed by atoms with van der Waals surface area (Å²) in [6.07, 6.45) is 1.54. The fraction of sp³-hybridized carbons (Fsp3) is 0.118. The van der Waals surface area contributed by atoms with Gasteiger partial charge in [-0.3, -0.25) is 0 Å². The van der Waals surface area contributed by atoms with E-state index in [0.717, 1.165) is 18.5 Å². The average molecular weight is 555 g/mol. The molecule has 0 saturated carbocycles. The molecule has 6 heteroatoms. The highest BCUT2D eigenvalue weighted by atomic mass is 127. The molecule has 3 nitrogen and oxygen atoms in total. The fourth-order valence-electron chi connectivity index (χ4n) is 1.80. The van der Waals surface area contributed by atoms with Crippen LogP contribution in [-0.4, -0.2) is 12.6 Å². The normalized spacial score (nSPS) is 10.2. The van der Waals surface area contributed by atoms with Crippen molar-refractivity contribution in [3.05, 3.63) is 72.3 Å². The summed E-state index contributed by atoms with van der Waals surface area (Å²) in [6, 6.07) is 11.0. The molecule has 0 spiro atoms. The minimum absolute atomic E-state index is 0.191. The van der Waals surface area contributed by atoms with Crippen LogP contribution in [0.2, 0.25) is 5.02 Å². The van der Waals surface area contributed by atoms with E-state index in [1.54, 1.807) is 12.1 Å². The topological polar surface area (TPSA) is 35.5 Å². The van der Waals surface area contributed by atoms with Crippen LogP contribution in [-0.2, 0) is 11.3 Å². The number of ether oxygens (including phenoxy) is 2. The van der Waals surface area contributed by atoms with Crippen molar-refractivity contribution in [3.8, 4) is 5.75 Å². The van der Waals surface area contributed by atoms with Crippen molar-refractivity contribution in [2.75, 3.05) is 6.61 Å².